The average molecular weight is 263 g/mol. The Labute approximate surface area is 116 Å². The van der Waals surface area contributed by atoms with Crippen LogP contribution in [0.5, 0.6) is 0 Å². The van der Waals surface area contributed by atoms with Crippen LogP contribution in [0.15, 0.2) is 18.2 Å². The number of nitrogens with zero attached hydrogens (tertiary/aromatic N) is 1. The van der Waals surface area contributed by atoms with Crippen molar-refractivity contribution in [1.82, 2.24) is 0 Å². The van der Waals surface area contributed by atoms with E-state index in [1.165, 1.54) is 11.1 Å². The molecule has 0 amide bonds. The molecule has 0 heterocycles. The molecular weight excluding hydrogens is 238 g/mol. The Bertz CT molecular complexity index is 456. The first kappa shape index (κ1) is 15.5. The van der Waals surface area contributed by atoms with E-state index in [0.717, 1.165) is 12.1 Å². The number of anilines is 1. The Hall–Kier alpha value is -1.51. The lowest BCUT2D eigenvalue weighted by atomic mass is 9.85. The molecule has 0 spiro atoms. The van der Waals surface area contributed by atoms with Gasteiger partial charge in [-0.25, -0.2) is 0 Å². The molecule has 0 aliphatic heterocycles. The Morgan fingerprint density at radius 3 is 2.47 bits per heavy atom. The van der Waals surface area contributed by atoms with E-state index in [9.17, 15) is 9.90 Å². The van der Waals surface area contributed by atoms with Gasteiger partial charge in [0.25, 0.3) is 0 Å². The van der Waals surface area contributed by atoms with E-state index >= 15 is 0 Å². The second-order valence-electron chi connectivity index (χ2n) is 5.76. The molecule has 1 N–H and O–H groups in total. The fraction of sp³-hybridized carbons (Fsp3) is 0.562. The maximum Gasteiger partial charge on any atom is 0.311 e. The van der Waals surface area contributed by atoms with Crippen molar-refractivity contribution < 1.29 is 9.90 Å². The van der Waals surface area contributed by atoms with E-state index in [2.05, 4.69) is 36.9 Å². The van der Waals surface area contributed by atoms with E-state index in [0.29, 0.717) is 13.0 Å². The van der Waals surface area contributed by atoms with Crippen molar-refractivity contribution >= 4 is 11.7 Å². The summed E-state index contributed by atoms with van der Waals surface area (Å²) in [5.74, 6) is -0.717. The third-order valence-corrected chi connectivity index (χ3v) is 3.67. The van der Waals surface area contributed by atoms with Crippen LogP contribution in [0.3, 0.4) is 0 Å². The molecule has 0 saturated heterocycles. The maximum absolute atomic E-state index is 11.5. The minimum atomic E-state index is -0.717. The Balaban J connectivity index is 2.94. The SMILES string of the molecule is CCCC(C)(CN(C)c1ccc(C)cc1C)C(=O)O. The standard InChI is InChI=1S/C16H25NO2/c1-6-9-16(4,15(18)19)11-17(5)14-8-7-12(2)10-13(14)3/h7-8,10H,6,9,11H2,1-5H3,(H,18,19). The van der Waals surface area contributed by atoms with Crippen LogP contribution in [0, 0.1) is 19.3 Å². The van der Waals surface area contributed by atoms with Crippen molar-refractivity contribution in [1.29, 1.82) is 0 Å². The molecule has 1 unspecified atom stereocenters. The molecule has 0 aliphatic rings. The van der Waals surface area contributed by atoms with E-state index in [4.69, 9.17) is 0 Å². The number of rotatable bonds is 6. The zero-order valence-corrected chi connectivity index (χ0v) is 12.7. The van der Waals surface area contributed by atoms with Gasteiger partial charge in [0.05, 0.1) is 5.41 Å². The maximum atomic E-state index is 11.5. The average Bonchev–Trinajstić information content (AvgIpc) is 2.28. The summed E-state index contributed by atoms with van der Waals surface area (Å²) in [5, 5.41) is 9.45. The minimum absolute atomic E-state index is 0.528. The molecule has 0 fully saturated rings. The lowest BCUT2D eigenvalue weighted by Crippen LogP contribution is -2.39. The number of carboxylic acids is 1. The predicted molar refractivity (Wildman–Crippen MR) is 79.8 cm³/mol. The van der Waals surface area contributed by atoms with Gasteiger partial charge in [-0.1, -0.05) is 31.0 Å². The number of hydrogen-bond acceptors (Lipinski definition) is 2. The summed E-state index contributed by atoms with van der Waals surface area (Å²) in [4.78, 5) is 13.5. The number of aliphatic carboxylic acids is 1. The zero-order chi connectivity index (χ0) is 14.6. The fourth-order valence-electron chi connectivity index (χ4n) is 2.65. The van der Waals surface area contributed by atoms with Crippen molar-refractivity contribution in [2.24, 2.45) is 5.41 Å². The van der Waals surface area contributed by atoms with Crippen LogP contribution >= 0.6 is 0 Å². The smallest absolute Gasteiger partial charge is 0.311 e. The first-order chi connectivity index (χ1) is 8.80. The molecule has 106 valence electrons. The molecule has 0 saturated carbocycles. The van der Waals surface area contributed by atoms with Crippen LogP contribution in [0.1, 0.15) is 37.8 Å². The highest BCUT2D eigenvalue weighted by atomic mass is 16.4. The van der Waals surface area contributed by atoms with Gasteiger partial charge in [0.2, 0.25) is 0 Å². The summed E-state index contributed by atoms with van der Waals surface area (Å²) in [6.07, 6.45) is 1.57. The molecule has 0 bridgehead atoms. The zero-order valence-electron chi connectivity index (χ0n) is 12.7. The molecule has 1 rings (SSSR count). The molecule has 3 nitrogen and oxygen atoms in total. The van der Waals surface area contributed by atoms with E-state index in [-0.39, 0.29) is 0 Å². The van der Waals surface area contributed by atoms with Gasteiger partial charge in [0.15, 0.2) is 0 Å². The summed E-state index contributed by atoms with van der Waals surface area (Å²) >= 11 is 0. The van der Waals surface area contributed by atoms with Crippen molar-refractivity contribution in [2.75, 3.05) is 18.5 Å². The minimum Gasteiger partial charge on any atom is -0.481 e. The number of aryl methyl sites for hydroxylation is 2. The summed E-state index contributed by atoms with van der Waals surface area (Å²) in [6, 6.07) is 6.26. The number of hydrogen-bond donors (Lipinski definition) is 1. The van der Waals surface area contributed by atoms with Crippen molar-refractivity contribution in [3.8, 4) is 0 Å². The molecule has 0 aliphatic carbocycles. The molecule has 1 atom stereocenters. The van der Waals surface area contributed by atoms with Crippen molar-refractivity contribution in [3.63, 3.8) is 0 Å². The molecule has 19 heavy (non-hydrogen) atoms. The quantitative estimate of drug-likeness (QED) is 0.852. The lowest BCUT2D eigenvalue weighted by molar-refractivity contribution is -0.147. The predicted octanol–water partition coefficient (Wildman–Crippen LogP) is 3.63. The summed E-state index contributed by atoms with van der Waals surface area (Å²) in [6.45, 7) is 8.52. The Morgan fingerprint density at radius 2 is 2.00 bits per heavy atom. The molecule has 0 aromatic heterocycles. The molecule has 0 radical (unpaired) electrons. The molecular formula is C16H25NO2. The van der Waals surface area contributed by atoms with Crippen LogP contribution in [-0.4, -0.2) is 24.7 Å². The normalized spacial score (nSPS) is 13.9. The van der Waals surface area contributed by atoms with Gasteiger partial charge in [0.1, 0.15) is 0 Å². The third kappa shape index (κ3) is 3.72. The van der Waals surface area contributed by atoms with Gasteiger partial charge >= 0.3 is 5.97 Å². The Morgan fingerprint density at radius 1 is 1.37 bits per heavy atom. The highest BCUT2D eigenvalue weighted by molar-refractivity contribution is 5.75. The van der Waals surface area contributed by atoms with Gasteiger partial charge in [-0.3, -0.25) is 4.79 Å². The monoisotopic (exact) mass is 263 g/mol. The van der Waals surface area contributed by atoms with E-state index < -0.39 is 11.4 Å². The summed E-state index contributed by atoms with van der Waals surface area (Å²) < 4.78 is 0. The highest BCUT2D eigenvalue weighted by Crippen LogP contribution is 2.28. The van der Waals surface area contributed by atoms with Crippen LogP contribution in [-0.2, 0) is 4.79 Å². The van der Waals surface area contributed by atoms with Gasteiger partial charge < -0.3 is 10.0 Å². The second-order valence-corrected chi connectivity index (χ2v) is 5.76. The number of benzene rings is 1. The van der Waals surface area contributed by atoms with Crippen LogP contribution in [0.2, 0.25) is 0 Å². The largest absolute Gasteiger partial charge is 0.481 e. The third-order valence-electron chi connectivity index (χ3n) is 3.67. The van der Waals surface area contributed by atoms with Crippen LogP contribution in [0.25, 0.3) is 0 Å². The van der Waals surface area contributed by atoms with Gasteiger partial charge in [-0.2, -0.15) is 0 Å². The topological polar surface area (TPSA) is 40.5 Å². The fourth-order valence-corrected chi connectivity index (χ4v) is 2.65. The highest BCUT2D eigenvalue weighted by Gasteiger charge is 2.33. The first-order valence-corrected chi connectivity index (χ1v) is 6.82. The molecule has 1 aromatic carbocycles. The summed E-state index contributed by atoms with van der Waals surface area (Å²) in [5.41, 5.74) is 2.83. The van der Waals surface area contributed by atoms with Gasteiger partial charge in [0, 0.05) is 19.3 Å². The van der Waals surface area contributed by atoms with Crippen molar-refractivity contribution in [3.05, 3.63) is 29.3 Å². The lowest BCUT2D eigenvalue weighted by Gasteiger charge is -2.32. The number of carboxylic acid groups (broad SMARTS) is 1. The van der Waals surface area contributed by atoms with Gasteiger partial charge in [-0.05, 0) is 38.8 Å². The molecule has 1 aromatic rings. The van der Waals surface area contributed by atoms with Crippen LogP contribution in [0.4, 0.5) is 5.69 Å². The van der Waals surface area contributed by atoms with E-state index in [1.54, 1.807) is 0 Å². The van der Waals surface area contributed by atoms with Gasteiger partial charge in [-0.15, -0.1) is 0 Å². The van der Waals surface area contributed by atoms with Crippen LogP contribution < -0.4 is 4.90 Å². The second kappa shape index (κ2) is 6.09. The van der Waals surface area contributed by atoms with Crippen molar-refractivity contribution in [2.45, 2.75) is 40.5 Å². The van der Waals surface area contributed by atoms with E-state index in [1.807, 2.05) is 20.9 Å². The number of carbonyl (C=O) groups is 1. The summed E-state index contributed by atoms with van der Waals surface area (Å²) in [7, 11) is 1.97. The Kier molecular flexibility index (Phi) is 4.98. The molecule has 3 heteroatoms. The first-order valence-electron chi connectivity index (χ1n) is 6.82.